The minimum Gasteiger partial charge on any atom is -0.321 e. The summed E-state index contributed by atoms with van der Waals surface area (Å²) in [6.45, 7) is 3.41. The number of aryl methyl sites for hydroxylation is 2. The minimum absolute atomic E-state index is 0.237. The molecule has 0 bridgehead atoms. The molecule has 0 radical (unpaired) electrons. The molecule has 1 N–H and O–H groups in total. The van der Waals surface area contributed by atoms with Crippen molar-refractivity contribution in [2.24, 2.45) is 18.9 Å². The highest BCUT2D eigenvalue weighted by Gasteiger charge is 2.47. The second-order valence-electron chi connectivity index (χ2n) is 6.14. The van der Waals surface area contributed by atoms with Crippen molar-refractivity contribution >= 4 is 23.4 Å². The van der Waals surface area contributed by atoms with Gasteiger partial charge in [0.05, 0.1) is 28.9 Å². The summed E-state index contributed by atoms with van der Waals surface area (Å²) < 4.78 is 1.68. The third kappa shape index (κ3) is 2.56. The summed E-state index contributed by atoms with van der Waals surface area (Å²) >= 11 is 0. The number of nitrogens with one attached hydrogen (secondary N) is 1. The van der Waals surface area contributed by atoms with Crippen molar-refractivity contribution in [2.45, 2.75) is 26.7 Å². The fourth-order valence-corrected chi connectivity index (χ4v) is 3.30. The Morgan fingerprint density at radius 2 is 1.78 bits per heavy atom. The summed E-state index contributed by atoms with van der Waals surface area (Å²) in [5.74, 6) is -1.46. The van der Waals surface area contributed by atoms with Crippen LogP contribution >= 0.6 is 0 Å². The highest BCUT2D eigenvalue weighted by molar-refractivity contribution is 6.09. The minimum atomic E-state index is -0.377. The summed E-state index contributed by atoms with van der Waals surface area (Å²) in [5, 5.41) is 7.00. The van der Waals surface area contributed by atoms with Gasteiger partial charge in [-0.3, -0.25) is 24.0 Å². The summed E-state index contributed by atoms with van der Waals surface area (Å²) in [5.41, 5.74) is 2.17. The van der Waals surface area contributed by atoms with Crippen LogP contribution in [0, 0.1) is 25.7 Å². The van der Waals surface area contributed by atoms with Gasteiger partial charge in [0.1, 0.15) is 6.54 Å². The average molecular weight is 316 g/mol. The molecule has 0 spiro atoms. The number of hydrogen-bond acceptors (Lipinski definition) is 4. The summed E-state index contributed by atoms with van der Waals surface area (Å²) in [4.78, 5) is 38.1. The van der Waals surface area contributed by atoms with Crippen molar-refractivity contribution in [3.63, 3.8) is 0 Å². The van der Waals surface area contributed by atoms with Crippen molar-refractivity contribution in [3.05, 3.63) is 23.5 Å². The van der Waals surface area contributed by atoms with Gasteiger partial charge in [0, 0.05) is 7.05 Å². The molecule has 7 heteroatoms. The molecule has 1 fully saturated rings. The molecule has 1 aromatic rings. The molecule has 122 valence electrons. The quantitative estimate of drug-likeness (QED) is 0.664. The van der Waals surface area contributed by atoms with E-state index in [4.69, 9.17) is 0 Å². The second-order valence-corrected chi connectivity index (χ2v) is 6.14. The van der Waals surface area contributed by atoms with Gasteiger partial charge in [0.2, 0.25) is 17.7 Å². The molecule has 1 saturated heterocycles. The number of rotatable bonds is 3. The molecular weight excluding hydrogens is 296 g/mol. The first-order chi connectivity index (χ1) is 10.9. The fourth-order valence-electron chi connectivity index (χ4n) is 3.30. The molecule has 2 atom stereocenters. The van der Waals surface area contributed by atoms with E-state index in [2.05, 4.69) is 10.4 Å². The van der Waals surface area contributed by atoms with Gasteiger partial charge in [0.25, 0.3) is 0 Å². The number of anilines is 1. The maximum Gasteiger partial charge on any atom is 0.244 e. The average Bonchev–Trinajstić information content (AvgIpc) is 2.90. The number of hydrogen-bond donors (Lipinski definition) is 1. The van der Waals surface area contributed by atoms with Crippen LogP contribution in [0.15, 0.2) is 12.2 Å². The van der Waals surface area contributed by atoms with Gasteiger partial charge in [-0.25, -0.2) is 0 Å². The zero-order chi connectivity index (χ0) is 16.7. The molecule has 2 aliphatic rings. The first kappa shape index (κ1) is 15.5. The van der Waals surface area contributed by atoms with Crippen molar-refractivity contribution < 1.29 is 14.4 Å². The zero-order valence-corrected chi connectivity index (χ0v) is 13.5. The molecule has 23 heavy (non-hydrogen) atoms. The lowest BCUT2D eigenvalue weighted by molar-refractivity contribution is -0.142. The van der Waals surface area contributed by atoms with Gasteiger partial charge in [-0.15, -0.1) is 0 Å². The summed E-state index contributed by atoms with van der Waals surface area (Å²) in [6, 6.07) is 0. The largest absolute Gasteiger partial charge is 0.321 e. The van der Waals surface area contributed by atoms with Crippen LogP contribution < -0.4 is 5.32 Å². The second kappa shape index (κ2) is 5.64. The van der Waals surface area contributed by atoms with Crippen molar-refractivity contribution in [1.82, 2.24) is 14.7 Å². The molecule has 0 aromatic carbocycles. The standard InChI is InChI=1S/C16H20N4O3/c1-9-14(10(2)19(3)18-9)17-13(21)8-20-15(22)11-6-4-5-7-12(11)16(20)23/h4-5,11-12H,6-8H2,1-3H3,(H,17,21)/t11-,12-/m0/s1. The molecule has 3 rings (SSSR count). The smallest absolute Gasteiger partial charge is 0.244 e. The Morgan fingerprint density at radius 1 is 1.22 bits per heavy atom. The van der Waals surface area contributed by atoms with E-state index in [1.165, 1.54) is 0 Å². The Morgan fingerprint density at radius 3 is 2.26 bits per heavy atom. The lowest BCUT2D eigenvalue weighted by Crippen LogP contribution is -2.38. The normalized spacial score (nSPS) is 23.3. The van der Waals surface area contributed by atoms with E-state index >= 15 is 0 Å². The van der Waals surface area contributed by atoms with Gasteiger partial charge < -0.3 is 5.32 Å². The van der Waals surface area contributed by atoms with Crippen LogP contribution in [0.2, 0.25) is 0 Å². The number of nitrogens with zero attached hydrogens (tertiary/aromatic N) is 3. The van der Waals surface area contributed by atoms with E-state index in [-0.39, 0.29) is 36.1 Å². The van der Waals surface area contributed by atoms with Crippen LogP contribution in [0.4, 0.5) is 5.69 Å². The van der Waals surface area contributed by atoms with E-state index in [0.717, 1.165) is 10.6 Å². The van der Waals surface area contributed by atoms with Crippen molar-refractivity contribution in [2.75, 3.05) is 11.9 Å². The van der Waals surface area contributed by atoms with E-state index in [1.54, 1.807) is 18.7 Å². The predicted molar refractivity (Wildman–Crippen MR) is 83.4 cm³/mol. The van der Waals surface area contributed by atoms with Crippen LogP contribution in [-0.2, 0) is 21.4 Å². The van der Waals surface area contributed by atoms with Crippen molar-refractivity contribution in [3.8, 4) is 0 Å². The first-order valence-electron chi connectivity index (χ1n) is 7.70. The number of fused-ring (bicyclic) bond motifs is 1. The number of aromatic nitrogens is 2. The molecular formula is C16H20N4O3. The van der Waals surface area contributed by atoms with E-state index in [1.807, 2.05) is 19.1 Å². The molecule has 3 amide bonds. The molecule has 1 aromatic heterocycles. The third-order valence-corrected chi connectivity index (χ3v) is 4.67. The monoisotopic (exact) mass is 316 g/mol. The molecule has 1 aliphatic carbocycles. The summed E-state index contributed by atoms with van der Waals surface area (Å²) in [6.07, 6.45) is 5.01. The number of imide groups is 1. The highest BCUT2D eigenvalue weighted by atomic mass is 16.2. The van der Waals surface area contributed by atoms with E-state index in [0.29, 0.717) is 24.2 Å². The first-order valence-corrected chi connectivity index (χ1v) is 7.70. The van der Waals surface area contributed by atoms with Crippen LogP contribution in [0.25, 0.3) is 0 Å². The third-order valence-electron chi connectivity index (χ3n) is 4.67. The van der Waals surface area contributed by atoms with Crippen LogP contribution in [-0.4, -0.2) is 38.9 Å². The lowest BCUT2D eigenvalue weighted by Gasteiger charge is -2.14. The van der Waals surface area contributed by atoms with Gasteiger partial charge >= 0.3 is 0 Å². The van der Waals surface area contributed by atoms with Crippen LogP contribution in [0.3, 0.4) is 0 Å². The number of allylic oxidation sites excluding steroid dienone is 2. The maximum absolute atomic E-state index is 12.4. The maximum atomic E-state index is 12.4. The predicted octanol–water partition coefficient (Wildman–Crippen LogP) is 0.927. The summed E-state index contributed by atoms with van der Waals surface area (Å²) in [7, 11) is 1.79. The Bertz CT molecular complexity index is 693. The Kier molecular flexibility index (Phi) is 3.79. The van der Waals surface area contributed by atoms with Crippen LogP contribution in [0.5, 0.6) is 0 Å². The molecule has 0 unspecified atom stereocenters. The molecule has 0 saturated carbocycles. The topological polar surface area (TPSA) is 84.3 Å². The number of likely N-dealkylation sites (tertiary alicyclic amines) is 1. The number of carbonyl (C=O) groups is 3. The Balaban J connectivity index is 1.71. The fraction of sp³-hybridized carbons (Fsp3) is 0.500. The number of carbonyl (C=O) groups excluding carboxylic acids is 3. The molecule has 1 aliphatic heterocycles. The van der Waals surface area contributed by atoms with E-state index < -0.39 is 0 Å². The number of amides is 3. The van der Waals surface area contributed by atoms with Gasteiger partial charge in [-0.1, -0.05) is 12.2 Å². The van der Waals surface area contributed by atoms with Gasteiger partial charge in [-0.2, -0.15) is 5.10 Å². The SMILES string of the molecule is Cc1nn(C)c(C)c1NC(=O)CN1C(=O)[C@H]2CC=CC[C@@H]2C1=O. The van der Waals surface area contributed by atoms with Crippen LogP contribution in [0.1, 0.15) is 24.2 Å². The lowest BCUT2D eigenvalue weighted by atomic mass is 9.85. The van der Waals surface area contributed by atoms with Crippen molar-refractivity contribution in [1.29, 1.82) is 0 Å². The molecule has 7 nitrogen and oxygen atoms in total. The Labute approximate surface area is 134 Å². The molecule has 2 heterocycles. The van der Waals surface area contributed by atoms with Gasteiger partial charge in [0.15, 0.2) is 0 Å². The van der Waals surface area contributed by atoms with Gasteiger partial charge in [-0.05, 0) is 26.7 Å². The Hall–Kier alpha value is -2.44. The van der Waals surface area contributed by atoms with E-state index in [9.17, 15) is 14.4 Å². The highest BCUT2D eigenvalue weighted by Crippen LogP contribution is 2.34. The zero-order valence-electron chi connectivity index (χ0n) is 13.5.